The highest BCUT2D eigenvalue weighted by atomic mass is 79.9. The van der Waals surface area contributed by atoms with Crippen LogP contribution in [0, 0.1) is 0 Å². The highest BCUT2D eigenvalue weighted by Crippen LogP contribution is 2.27. The molecule has 0 fully saturated rings. The molecule has 6 nitrogen and oxygen atoms in total. The van der Waals surface area contributed by atoms with Crippen LogP contribution in [0.1, 0.15) is 25.0 Å². The van der Waals surface area contributed by atoms with Gasteiger partial charge < -0.3 is 10.1 Å². The predicted molar refractivity (Wildman–Crippen MR) is 131 cm³/mol. The fourth-order valence-corrected chi connectivity index (χ4v) is 4.81. The van der Waals surface area contributed by atoms with Crippen molar-refractivity contribution in [3.05, 3.63) is 82.3 Å². The molecule has 0 unspecified atom stereocenters. The van der Waals surface area contributed by atoms with E-state index in [0.29, 0.717) is 11.4 Å². The maximum Gasteiger partial charge on any atom is 0.262 e. The van der Waals surface area contributed by atoms with Gasteiger partial charge in [-0.1, -0.05) is 48.0 Å². The number of nitrogens with one attached hydrogen (secondary N) is 2. The van der Waals surface area contributed by atoms with E-state index in [1.54, 1.807) is 24.3 Å². The summed E-state index contributed by atoms with van der Waals surface area (Å²) in [5, 5.41) is 2.95. The zero-order valence-corrected chi connectivity index (χ0v) is 20.3. The molecule has 0 bridgehead atoms. The van der Waals surface area contributed by atoms with Gasteiger partial charge >= 0.3 is 0 Å². The third-order valence-electron chi connectivity index (χ3n) is 4.82. The van der Waals surface area contributed by atoms with Gasteiger partial charge in [-0.15, -0.1) is 0 Å². The molecule has 0 spiro atoms. The number of anilines is 2. The average molecular weight is 517 g/mol. The number of amides is 1. The summed E-state index contributed by atoms with van der Waals surface area (Å²) >= 11 is 3.51. The molecular formula is C24H25BrN2O4S. The number of halogens is 1. The molecule has 32 heavy (non-hydrogen) atoms. The Morgan fingerprint density at radius 2 is 1.53 bits per heavy atom. The highest BCUT2D eigenvalue weighted by Gasteiger charge is 2.15. The molecule has 0 radical (unpaired) electrons. The van der Waals surface area contributed by atoms with Gasteiger partial charge in [0.1, 0.15) is 5.75 Å². The molecule has 0 saturated carbocycles. The van der Waals surface area contributed by atoms with Crippen LogP contribution in [0.25, 0.3) is 0 Å². The summed E-state index contributed by atoms with van der Waals surface area (Å²) in [5.41, 5.74) is 3.39. The quantitative estimate of drug-likeness (QED) is 0.399. The maximum absolute atomic E-state index is 12.5. The number of carbonyl (C=O) groups excluding carboxylic acids is 1. The Bertz CT molecular complexity index is 1160. The molecule has 168 valence electrons. The Labute approximate surface area is 197 Å². The lowest BCUT2D eigenvalue weighted by Crippen LogP contribution is -2.22. The van der Waals surface area contributed by atoms with E-state index < -0.39 is 10.0 Å². The molecule has 2 N–H and O–H groups in total. The van der Waals surface area contributed by atoms with Crippen LogP contribution in [0.4, 0.5) is 11.4 Å². The van der Waals surface area contributed by atoms with Gasteiger partial charge in [-0.3, -0.25) is 9.52 Å². The monoisotopic (exact) mass is 516 g/mol. The number of benzene rings is 3. The van der Waals surface area contributed by atoms with E-state index in [2.05, 4.69) is 26.0 Å². The van der Waals surface area contributed by atoms with Crippen LogP contribution in [0.3, 0.4) is 0 Å². The van der Waals surface area contributed by atoms with Gasteiger partial charge in [0.05, 0.1) is 4.90 Å². The van der Waals surface area contributed by atoms with Crippen molar-refractivity contribution in [2.75, 3.05) is 16.6 Å². The molecule has 3 aromatic carbocycles. The minimum Gasteiger partial charge on any atom is -0.484 e. The molecule has 3 aromatic rings. The summed E-state index contributed by atoms with van der Waals surface area (Å²) in [5.74, 6) is 0.125. The second-order valence-corrected chi connectivity index (χ2v) is 9.68. The highest BCUT2D eigenvalue weighted by molar-refractivity contribution is 9.10. The lowest BCUT2D eigenvalue weighted by Gasteiger charge is -2.16. The van der Waals surface area contributed by atoms with E-state index in [1.807, 2.05) is 32.0 Å². The summed E-state index contributed by atoms with van der Waals surface area (Å²) in [6, 6.07) is 18.6. The fourth-order valence-electron chi connectivity index (χ4n) is 3.20. The smallest absolute Gasteiger partial charge is 0.262 e. The molecule has 1 amide bonds. The first-order chi connectivity index (χ1) is 15.3. The van der Waals surface area contributed by atoms with Crippen LogP contribution in [-0.4, -0.2) is 20.9 Å². The first kappa shape index (κ1) is 23.8. The van der Waals surface area contributed by atoms with Gasteiger partial charge in [-0.2, -0.15) is 0 Å². The molecule has 0 saturated heterocycles. The van der Waals surface area contributed by atoms with Crippen molar-refractivity contribution in [2.24, 2.45) is 0 Å². The first-order valence-electron chi connectivity index (χ1n) is 10.2. The van der Waals surface area contributed by atoms with Gasteiger partial charge in [0.25, 0.3) is 15.9 Å². The molecule has 0 aliphatic carbocycles. The molecule has 0 aromatic heterocycles. The van der Waals surface area contributed by atoms with E-state index in [9.17, 15) is 13.2 Å². The number of sulfonamides is 1. The Morgan fingerprint density at radius 1 is 0.938 bits per heavy atom. The second-order valence-electron chi connectivity index (χ2n) is 7.09. The SMILES string of the molecule is CCc1cc(Br)cc(CC)c1NC(=O)COc1ccc(S(=O)(=O)Nc2ccccc2)cc1. The number of ether oxygens (including phenoxy) is 1. The number of hydrogen-bond donors (Lipinski definition) is 2. The topological polar surface area (TPSA) is 84.5 Å². The molecular weight excluding hydrogens is 492 g/mol. The summed E-state index contributed by atoms with van der Waals surface area (Å²) in [6.45, 7) is 3.89. The van der Waals surface area contributed by atoms with Gasteiger partial charge in [0, 0.05) is 15.8 Å². The molecule has 8 heteroatoms. The van der Waals surface area contributed by atoms with Crippen molar-refractivity contribution < 1.29 is 17.9 Å². The predicted octanol–water partition coefficient (Wildman–Crippen LogP) is 5.39. The third-order valence-corrected chi connectivity index (χ3v) is 6.68. The molecule has 3 rings (SSSR count). The first-order valence-corrected chi connectivity index (χ1v) is 12.5. The fraction of sp³-hybridized carbons (Fsp3) is 0.208. The van der Waals surface area contributed by atoms with Crippen molar-refractivity contribution in [3.8, 4) is 5.75 Å². The summed E-state index contributed by atoms with van der Waals surface area (Å²) < 4.78 is 34.1. The average Bonchev–Trinajstić information content (AvgIpc) is 2.79. The van der Waals surface area contributed by atoms with Crippen LogP contribution in [0.2, 0.25) is 0 Å². The largest absolute Gasteiger partial charge is 0.484 e. The van der Waals surface area contributed by atoms with Crippen molar-refractivity contribution in [1.29, 1.82) is 0 Å². The minimum atomic E-state index is -3.71. The van der Waals surface area contributed by atoms with Crippen LogP contribution in [0.15, 0.2) is 76.1 Å². The van der Waals surface area contributed by atoms with Crippen molar-refractivity contribution in [3.63, 3.8) is 0 Å². The lowest BCUT2D eigenvalue weighted by atomic mass is 10.0. The van der Waals surface area contributed by atoms with E-state index in [1.165, 1.54) is 24.3 Å². The Morgan fingerprint density at radius 3 is 2.09 bits per heavy atom. The van der Waals surface area contributed by atoms with Gasteiger partial charge in [-0.25, -0.2) is 8.42 Å². The van der Waals surface area contributed by atoms with Crippen LogP contribution in [-0.2, 0) is 27.7 Å². The standard InChI is InChI=1S/C24H25BrN2O4S/c1-3-17-14-19(25)15-18(4-2)24(17)26-23(28)16-31-21-10-12-22(13-11-21)32(29,30)27-20-8-6-5-7-9-20/h5-15,27H,3-4,16H2,1-2H3,(H,26,28). The maximum atomic E-state index is 12.5. The molecule has 0 aliphatic rings. The Hall–Kier alpha value is -2.84. The summed E-state index contributed by atoms with van der Waals surface area (Å²) in [6.07, 6.45) is 1.58. The zero-order chi connectivity index (χ0) is 23.1. The van der Waals surface area contributed by atoms with Gasteiger partial charge in [0.2, 0.25) is 0 Å². The van der Waals surface area contributed by atoms with Crippen molar-refractivity contribution >= 4 is 43.2 Å². The van der Waals surface area contributed by atoms with E-state index in [4.69, 9.17) is 4.74 Å². The molecule has 0 heterocycles. The van der Waals surface area contributed by atoms with Gasteiger partial charge in [-0.05, 0) is 72.5 Å². The minimum absolute atomic E-state index is 0.105. The normalized spacial score (nSPS) is 11.1. The summed E-state index contributed by atoms with van der Waals surface area (Å²) in [4.78, 5) is 12.6. The van der Waals surface area contributed by atoms with Crippen LogP contribution < -0.4 is 14.8 Å². The van der Waals surface area contributed by atoms with Crippen molar-refractivity contribution in [1.82, 2.24) is 0 Å². The molecule has 0 aliphatic heterocycles. The molecule has 0 atom stereocenters. The van der Waals surface area contributed by atoms with Crippen LogP contribution in [0.5, 0.6) is 5.75 Å². The van der Waals surface area contributed by atoms with E-state index in [-0.39, 0.29) is 17.4 Å². The number of rotatable bonds is 9. The van der Waals surface area contributed by atoms with E-state index >= 15 is 0 Å². The Kier molecular flexibility index (Phi) is 7.93. The Balaban J connectivity index is 1.63. The van der Waals surface area contributed by atoms with Crippen molar-refractivity contribution in [2.45, 2.75) is 31.6 Å². The van der Waals surface area contributed by atoms with Gasteiger partial charge in [0.15, 0.2) is 6.61 Å². The third kappa shape index (κ3) is 6.11. The zero-order valence-electron chi connectivity index (χ0n) is 17.9. The number of carbonyl (C=O) groups is 1. The number of hydrogen-bond acceptors (Lipinski definition) is 4. The number of aryl methyl sites for hydroxylation is 2. The van der Waals surface area contributed by atoms with Crippen LogP contribution >= 0.6 is 15.9 Å². The second kappa shape index (κ2) is 10.7. The summed E-state index contributed by atoms with van der Waals surface area (Å²) in [7, 11) is -3.71. The lowest BCUT2D eigenvalue weighted by molar-refractivity contribution is -0.118. The number of para-hydroxylation sites is 1. The van der Waals surface area contributed by atoms with E-state index in [0.717, 1.165) is 34.1 Å².